The minimum absolute atomic E-state index is 0.163. The van der Waals surface area contributed by atoms with E-state index in [4.69, 9.17) is 27.9 Å². The summed E-state index contributed by atoms with van der Waals surface area (Å²) < 4.78 is 44.4. The first-order chi connectivity index (χ1) is 15.3. The Morgan fingerprint density at radius 1 is 1.22 bits per heavy atom. The molecule has 1 aliphatic rings. The van der Waals surface area contributed by atoms with Crippen LogP contribution >= 0.6 is 23.2 Å². The van der Waals surface area contributed by atoms with E-state index in [-0.39, 0.29) is 17.7 Å². The molecule has 1 aliphatic heterocycles. The smallest absolute Gasteiger partial charge is 0.417 e. The van der Waals surface area contributed by atoms with Crippen LogP contribution in [0.15, 0.2) is 36.4 Å². The second-order valence-electron chi connectivity index (χ2n) is 7.56. The summed E-state index contributed by atoms with van der Waals surface area (Å²) in [5, 5.41) is 4.38. The summed E-state index contributed by atoms with van der Waals surface area (Å²) in [6.07, 6.45) is -3.75. The van der Waals surface area contributed by atoms with Gasteiger partial charge in [0, 0.05) is 46.9 Å². The number of hydrogen-bond donors (Lipinski definition) is 2. The zero-order chi connectivity index (χ0) is 22.9. The lowest BCUT2D eigenvalue weighted by atomic mass is 9.97. The Labute approximate surface area is 192 Å². The van der Waals surface area contributed by atoms with Crippen LogP contribution in [0, 0.1) is 0 Å². The maximum absolute atomic E-state index is 13.1. The van der Waals surface area contributed by atoms with Gasteiger partial charge in [-0.3, -0.25) is 9.69 Å². The Morgan fingerprint density at radius 2 is 2.03 bits per heavy atom. The number of nitrogens with one attached hydrogen (secondary N) is 2. The molecule has 0 bridgehead atoms. The molecule has 2 heterocycles. The Hall–Kier alpha value is -2.42. The molecule has 0 fully saturated rings. The standard InChI is InChI=1S/C22H20Cl2F3N3O2/c23-13-1-4-19-16(9-13)15-5-7-30(20(11-32-12-31)21(15)29-19)8-6-28-14-2-3-18(24)17(10-14)22(25,26)27/h1-4,9-10,12,20,28-29H,5-8,11H2. The quantitative estimate of drug-likeness (QED) is 0.422. The summed E-state index contributed by atoms with van der Waals surface area (Å²) in [7, 11) is 0. The van der Waals surface area contributed by atoms with E-state index in [9.17, 15) is 18.0 Å². The van der Waals surface area contributed by atoms with Crippen LogP contribution in [0.1, 0.15) is 22.9 Å². The highest BCUT2D eigenvalue weighted by Gasteiger charge is 2.34. The summed E-state index contributed by atoms with van der Waals surface area (Å²) in [6, 6.07) is 9.19. The molecule has 0 aliphatic carbocycles. The Kier molecular flexibility index (Phi) is 6.55. The van der Waals surface area contributed by atoms with Gasteiger partial charge in [-0.25, -0.2) is 0 Å². The molecule has 10 heteroatoms. The van der Waals surface area contributed by atoms with E-state index in [0.29, 0.717) is 36.8 Å². The maximum Gasteiger partial charge on any atom is 0.417 e. The number of H-pyrrole nitrogens is 1. The van der Waals surface area contributed by atoms with Gasteiger partial charge in [0.05, 0.1) is 16.6 Å². The lowest BCUT2D eigenvalue weighted by Crippen LogP contribution is -2.40. The number of aromatic amines is 1. The average molecular weight is 486 g/mol. The zero-order valence-corrected chi connectivity index (χ0v) is 18.3. The minimum Gasteiger partial charge on any atom is -0.466 e. The fraction of sp³-hybridized carbons (Fsp3) is 0.318. The number of halogens is 5. The monoisotopic (exact) mass is 485 g/mol. The van der Waals surface area contributed by atoms with Crippen LogP contribution in [0.5, 0.6) is 0 Å². The number of aromatic nitrogens is 1. The van der Waals surface area contributed by atoms with Crippen molar-refractivity contribution in [2.24, 2.45) is 0 Å². The van der Waals surface area contributed by atoms with Crippen LogP contribution in [0.3, 0.4) is 0 Å². The van der Waals surface area contributed by atoms with Crippen molar-refractivity contribution in [1.29, 1.82) is 0 Å². The molecule has 0 saturated heterocycles. The van der Waals surface area contributed by atoms with Crippen molar-refractivity contribution in [3.05, 3.63) is 63.3 Å². The van der Waals surface area contributed by atoms with Gasteiger partial charge in [-0.1, -0.05) is 23.2 Å². The number of hydrogen-bond acceptors (Lipinski definition) is 4. The Bertz CT molecular complexity index is 1130. The summed E-state index contributed by atoms with van der Waals surface area (Å²) in [5.74, 6) is 0. The van der Waals surface area contributed by atoms with Crippen molar-refractivity contribution in [3.8, 4) is 0 Å². The fourth-order valence-corrected chi connectivity index (χ4v) is 4.57. The Balaban J connectivity index is 1.50. The van der Waals surface area contributed by atoms with Crippen molar-refractivity contribution in [1.82, 2.24) is 9.88 Å². The van der Waals surface area contributed by atoms with Crippen molar-refractivity contribution in [2.75, 3.05) is 31.6 Å². The number of nitrogens with zero attached hydrogens (tertiary/aromatic N) is 1. The van der Waals surface area contributed by atoms with Gasteiger partial charge in [-0.05, 0) is 48.4 Å². The lowest BCUT2D eigenvalue weighted by molar-refractivity contribution is -0.137. The molecule has 0 amide bonds. The van der Waals surface area contributed by atoms with Gasteiger partial charge >= 0.3 is 6.18 Å². The lowest BCUT2D eigenvalue weighted by Gasteiger charge is -2.35. The van der Waals surface area contributed by atoms with Gasteiger partial charge in [0.2, 0.25) is 0 Å². The molecule has 2 N–H and O–H groups in total. The second kappa shape index (κ2) is 9.21. The van der Waals surface area contributed by atoms with Gasteiger partial charge in [-0.2, -0.15) is 13.2 Å². The van der Waals surface area contributed by atoms with E-state index in [1.54, 1.807) is 0 Å². The normalized spacial score (nSPS) is 16.7. The number of carbonyl (C=O) groups is 1. The maximum atomic E-state index is 13.1. The van der Waals surface area contributed by atoms with E-state index >= 15 is 0 Å². The number of ether oxygens (including phenoxy) is 1. The van der Waals surface area contributed by atoms with Gasteiger partial charge < -0.3 is 15.0 Å². The van der Waals surface area contributed by atoms with Crippen LogP contribution in [-0.2, 0) is 22.1 Å². The predicted molar refractivity (Wildman–Crippen MR) is 118 cm³/mol. The number of benzene rings is 2. The molecule has 0 spiro atoms. The zero-order valence-electron chi connectivity index (χ0n) is 16.8. The number of alkyl halides is 3. The van der Waals surface area contributed by atoms with E-state index in [0.717, 1.165) is 34.6 Å². The summed E-state index contributed by atoms with van der Waals surface area (Å²) in [6.45, 7) is 2.21. The second-order valence-corrected chi connectivity index (χ2v) is 8.40. The number of rotatable bonds is 7. The molecule has 32 heavy (non-hydrogen) atoms. The van der Waals surface area contributed by atoms with Crippen molar-refractivity contribution in [2.45, 2.75) is 18.6 Å². The summed E-state index contributed by atoms with van der Waals surface area (Å²) >= 11 is 11.8. The van der Waals surface area contributed by atoms with Gasteiger partial charge in [0.25, 0.3) is 6.47 Å². The van der Waals surface area contributed by atoms with E-state index in [1.807, 2.05) is 18.2 Å². The molecule has 0 radical (unpaired) electrons. The molecule has 1 aromatic heterocycles. The van der Waals surface area contributed by atoms with Gasteiger partial charge in [0.1, 0.15) is 6.61 Å². The highest BCUT2D eigenvalue weighted by atomic mass is 35.5. The van der Waals surface area contributed by atoms with Crippen molar-refractivity contribution < 1.29 is 22.7 Å². The number of anilines is 1. The summed E-state index contributed by atoms with van der Waals surface area (Å²) in [5.41, 5.74) is 2.51. The van der Waals surface area contributed by atoms with Crippen LogP contribution in [0.25, 0.3) is 10.9 Å². The topological polar surface area (TPSA) is 57.4 Å². The largest absolute Gasteiger partial charge is 0.466 e. The molecule has 4 rings (SSSR count). The third-order valence-corrected chi connectivity index (χ3v) is 6.21. The van der Waals surface area contributed by atoms with E-state index in [1.165, 1.54) is 12.1 Å². The van der Waals surface area contributed by atoms with Crippen LogP contribution in [0.4, 0.5) is 18.9 Å². The first kappa shape index (κ1) is 22.8. The predicted octanol–water partition coefficient (Wildman–Crippen LogP) is 5.68. The van der Waals surface area contributed by atoms with Crippen LogP contribution in [0.2, 0.25) is 10.0 Å². The first-order valence-corrected chi connectivity index (χ1v) is 10.7. The number of fused-ring (bicyclic) bond motifs is 3. The SMILES string of the molecule is O=COCC1c2[nH]c3ccc(Cl)cc3c2CCN1CCNc1ccc(Cl)c(C(F)(F)F)c1. The van der Waals surface area contributed by atoms with Crippen LogP contribution < -0.4 is 5.32 Å². The number of carbonyl (C=O) groups excluding carboxylic acids is 1. The molecule has 1 unspecified atom stereocenters. The highest BCUT2D eigenvalue weighted by Crippen LogP contribution is 2.37. The first-order valence-electron chi connectivity index (χ1n) is 9.98. The summed E-state index contributed by atoms with van der Waals surface area (Å²) in [4.78, 5) is 16.4. The molecule has 5 nitrogen and oxygen atoms in total. The van der Waals surface area contributed by atoms with Crippen molar-refractivity contribution in [3.63, 3.8) is 0 Å². The van der Waals surface area contributed by atoms with Crippen molar-refractivity contribution >= 4 is 46.3 Å². The molecular formula is C22H20Cl2F3N3O2. The molecular weight excluding hydrogens is 466 g/mol. The van der Waals surface area contributed by atoms with E-state index < -0.39 is 11.7 Å². The minimum atomic E-state index is -4.52. The molecule has 1 atom stereocenters. The molecule has 0 saturated carbocycles. The van der Waals surface area contributed by atoms with Crippen LogP contribution in [-0.4, -0.2) is 42.6 Å². The highest BCUT2D eigenvalue weighted by molar-refractivity contribution is 6.31. The molecule has 2 aromatic carbocycles. The third-order valence-electron chi connectivity index (χ3n) is 5.65. The molecule has 170 valence electrons. The molecule has 3 aromatic rings. The fourth-order valence-electron chi connectivity index (χ4n) is 4.17. The van der Waals surface area contributed by atoms with Gasteiger partial charge in [0.15, 0.2) is 0 Å². The van der Waals surface area contributed by atoms with E-state index in [2.05, 4.69) is 15.2 Å². The Morgan fingerprint density at radius 3 is 2.78 bits per heavy atom. The average Bonchev–Trinajstić information content (AvgIpc) is 3.11. The third kappa shape index (κ3) is 4.67. The van der Waals surface area contributed by atoms with Gasteiger partial charge in [-0.15, -0.1) is 0 Å².